The van der Waals surface area contributed by atoms with E-state index in [-0.39, 0.29) is 6.17 Å². The third kappa shape index (κ3) is 2.28. The average molecular weight is 357 g/mol. The van der Waals surface area contributed by atoms with E-state index in [4.69, 9.17) is 14.5 Å². The molecule has 1 aliphatic heterocycles. The Balaban J connectivity index is 1.82. The Bertz CT molecular complexity index is 1150. The third-order valence-electron chi connectivity index (χ3n) is 5.04. The van der Waals surface area contributed by atoms with Crippen molar-refractivity contribution in [2.45, 2.75) is 6.17 Å². The molecule has 5 heteroatoms. The van der Waals surface area contributed by atoms with E-state index in [0.29, 0.717) is 5.75 Å². The van der Waals surface area contributed by atoms with Crippen molar-refractivity contribution in [1.29, 1.82) is 0 Å². The summed E-state index contributed by atoms with van der Waals surface area (Å²) >= 11 is 0. The molecule has 1 aliphatic rings. The minimum atomic E-state index is -0.160. The maximum Gasteiger partial charge on any atom is 0.167 e. The van der Waals surface area contributed by atoms with Crippen molar-refractivity contribution in [2.24, 2.45) is 0 Å². The molecule has 0 saturated carbocycles. The second kappa shape index (κ2) is 6.06. The van der Waals surface area contributed by atoms with Crippen LogP contribution in [0.1, 0.15) is 11.7 Å². The zero-order chi connectivity index (χ0) is 18.4. The van der Waals surface area contributed by atoms with Gasteiger partial charge in [-0.05, 0) is 30.3 Å². The first-order chi connectivity index (χ1) is 13.3. The van der Waals surface area contributed by atoms with Crippen LogP contribution in [0.2, 0.25) is 0 Å². The fraction of sp³-hybridized carbons (Fsp3) is 0.136. The van der Waals surface area contributed by atoms with E-state index in [1.54, 1.807) is 14.2 Å². The molecule has 0 amide bonds. The summed E-state index contributed by atoms with van der Waals surface area (Å²) in [5, 5.41) is 3.66. The molecule has 134 valence electrons. The number of hydrogen-bond acceptors (Lipinski definition) is 4. The maximum atomic E-state index is 5.71. The van der Waals surface area contributed by atoms with Crippen molar-refractivity contribution in [3.8, 4) is 22.9 Å². The van der Waals surface area contributed by atoms with Crippen LogP contribution in [0.3, 0.4) is 0 Å². The van der Waals surface area contributed by atoms with Crippen molar-refractivity contribution in [3.63, 3.8) is 0 Å². The summed E-state index contributed by atoms with van der Waals surface area (Å²) < 4.78 is 13.5. The molecule has 1 atom stereocenters. The number of imidazole rings is 1. The third-order valence-corrected chi connectivity index (χ3v) is 5.04. The van der Waals surface area contributed by atoms with Gasteiger partial charge in [0.2, 0.25) is 0 Å². The van der Waals surface area contributed by atoms with Gasteiger partial charge in [0.1, 0.15) is 12.0 Å². The Morgan fingerprint density at radius 2 is 1.70 bits per heavy atom. The summed E-state index contributed by atoms with van der Waals surface area (Å²) in [6.45, 7) is 0. The summed E-state index contributed by atoms with van der Waals surface area (Å²) in [5.41, 5.74) is 5.18. The molecular formula is C22H19N3O2. The van der Waals surface area contributed by atoms with Gasteiger partial charge in [-0.3, -0.25) is 4.57 Å². The van der Waals surface area contributed by atoms with Crippen molar-refractivity contribution in [1.82, 2.24) is 9.55 Å². The average Bonchev–Trinajstić information content (AvgIpc) is 3.12. The quantitative estimate of drug-likeness (QED) is 0.578. The van der Waals surface area contributed by atoms with Gasteiger partial charge in [0.05, 0.1) is 25.3 Å². The Morgan fingerprint density at radius 3 is 2.56 bits per heavy atom. The fourth-order valence-electron chi connectivity index (χ4n) is 3.86. The van der Waals surface area contributed by atoms with E-state index in [2.05, 4.69) is 34.1 Å². The van der Waals surface area contributed by atoms with Gasteiger partial charge >= 0.3 is 0 Å². The minimum absolute atomic E-state index is 0.160. The fourth-order valence-corrected chi connectivity index (χ4v) is 3.86. The molecule has 0 fully saturated rings. The van der Waals surface area contributed by atoms with Crippen LogP contribution in [-0.4, -0.2) is 23.8 Å². The lowest BCUT2D eigenvalue weighted by Crippen LogP contribution is -2.25. The highest BCUT2D eigenvalue weighted by Gasteiger charge is 2.30. The largest absolute Gasteiger partial charge is 0.493 e. The van der Waals surface area contributed by atoms with Gasteiger partial charge in [-0.25, -0.2) is 4.98 Å². The molecule has 4 aromatic rings. The van der Waals surface area contributed by atoms with Gasteiger partial charge in [0.25, 0.3) is 0 Å². The van der Waals surface area contributed by atoms with Crippen LogP contribution in [0.4, 0.5) is 5.69 Å². The van der Waals surface area contributed by atoms with Crippen LogP contribution in [0.15, 0.2) is 66.7 Å². The van der Waals surface area contributed by atoms with E-state index in [1.807, 2.05) is 42.5 Å². The Morgan fingerprint density at radius 1 is 0.889 bits per heavy atom. The van der Waals surface area contributed by atoms with Gasteiger partial charge in [-0.15, -0.1) is 0 Å². The highest BCUT2D eigenvalue weighted by molar-refractivity contribution is 5.87. The Kier molecular flexibility index (Phi) is 3.53. The number of para-hydroxylation sites is 4. The molecule has 1 aromatic heterocycles. The molecule has 5 nitrogen and oxygen atoms in total. The Labute approximate surface area is 157 Å². The number of rotatable bonds is 3. The number of hydrogen-bond donors (Lipinski definition) is 1. The SMILES string of the molecule is COc1cccc([C@H]2Nc3ccccc3-c3nc4ccccc4n32)c1OC. The molecule has 3 aromatic carbocycles. The first kappa shape index (κ1) is 15.8. The minimum Gasteiger partial charge on any atom is -0.493 e. The van der Waals surface area contributed by atoms with Crippen molar-refractivity contribution >= 4 is 16.7 Å². The maximum absolute atomic E-state index is 5.71. The molecule has 0 saturated heterocycles. The number of anilines is 1. The van der Waals surface area contributed by atoms with Crippen LogP contribution in [0.25, 0.3) is 22.4 Å². The smallest absolute Gasteiger partial charge is 0.167 e. The Hall–Kier alpha value is -3.47. The number of nitrogens with one attached hydrogen (secondary N) is 1. The van der Waals surface area contributed by atoms with Gasteiger partial charge in [0, 0.05) is 16.8 Å². The highest BCUT2D eigenvalue weighted by Crippen LogP contribution is 2.44. The normalized spacial score (nSPS) is 15.0. The lowest BCUT2D eigenvalue weighted by Gasteiger charge is -2.31. The van der Waals surface area contributed by atoms with Gasteiger partial charge in [-0.2, -0.15) is 0 Å². The number of ether oxygens (including phenoxy) is 2. The van der Waals surface area contributed by atoms with E-state index in [9.17, 15) is 0 Å². The lowest BCUT2D eigenvalue weighted by molar-refractivity contribution is 0.349. The predicted octanol–water partition coefficient (Wildman–Crippen LogP) is 4.69. The topological polar surface area (TPSA) is 48.3 Å². The van der Waals surface area contributed by atoms with Crippen LogP contribution in [0, 0.1) is 0 Å². The summed E-state index contributed by atoms with van der Waals surface area (Å²) in [7, 11) is 3.33. The summed E-state index contributed by atoms with van der Waals surface area (Å²) in [4.78, 5) is 4.92. The lowest BCUT2D eigenvalue weighted by atomic mass is 10.0. The molecule has 0 radical (unpaired) electrons. The van der Waals surface area contributed by atoms with E-state index in [1.165, 1.54) is 0 Å². The second-order valence-corrected chi connectivity index (χ2v) is 6.47. The first-order valence-electron chi connectivity index (χ1n) is 8.85. The number of aromatic nitrogens is 2. The van der Waals surface area contributed by atoms with Crippen LogP contribution >= 0.6 is 0 Å². The summed E-state index contributed by atoms with van der Waals surface area (Å²) in [6, 6.07) is 22.4. The molecule has 2 heterocycles. The zero-order valence-electron chi connectivity index (χ0n) is 15.1. The van der Waals surface area contributed by atoms with E-state index >= 15 is 0 Å². The van der Waals surface area contributed by atoms with Crippen molar-refractivity contribution in [3.05, 3.63) is 72.3 Å². The van der Waals surface area contributed by atoms with Crippen LogP contribution in [-0.2, 0) is 0 Å². The first-order valence-corrected chi connectivity index (χ1v) is 8.85. The predicted molar refractivity (Wildman–Crippen MR) is 106 cm³/mol. The van der Waals surface area contributed by atoms with Gasteiger partial charge in [-0.1, -0.05) is 36.4 Å². The standard InChI is InChI=1S/C22H19N3O2/c1-26-19-13-7-9-15(20(19)27-2)22-23-16-10-4-3-8-14(16)21-24-17-11-5-6-12-18(17)25(21)22/h3-13,22-23H,1-2H3/t22-/m0/s1. The van der Waals surface area contributed by atoms with Crippen molar-refractivity contribution < 1.29 is 9.47 Å². The molecular weight excluding hydrogens is 338 g/mol. The molecule has 0 unspecified atom stereocenters. The van der Waals surface area contributed by atoms with Crippen LogP contribution < -0.4 is 14.8 Å². The molecule has 0 spiro atoms. The second-order valence-electron chi connectivity index (χ2n) is 6.47. The number of benzene rings is 3. The van der Waals surface area contributed by atoms with Gasteiger partial charge in [0.15, 0.2) is 11.5 Å². The molecule has 5 rings (SSSR count). The van der Waals surface area contributed by atoms with Crippen LogP contribution in [0.5, 0.6) is 11.5 Å². The number of nitrogens with zero attached hydrogens (tertiary/aromatic N) is 2. The zero-order valence-corrected chi connectivity index (χ0v) is 15.1. The van der Waals surface area contributed by atoms with Gasteiger partial charge < -0.3 is 14.8 Å². The molecule has 1 N–H and O–H groups in total. The molecule has 0 bridgehead atoms. The summed E-state index contributed by atoms with van der Waals surface area (Å²) in [5.74, 6) is 2.38. The van der Waals surface area contributed by atoms with E-state index in [0.717, 1.165) is 39.4 Å². The van der Waals surface area contributed by atoms with Crippen molar-refractivity contribution in [2.75, 3.05) is 19.5 Å². The molecule has 27 heavy (non-hydrogen) atoms. The summed E-state index contributed by atoms with van der Waals surface area (Å²) in [6.07, 6.45) is -0.160. The highest BCUT2D eigenvalue weighted by atomic mass is 16.5. The number of methoxy groups -OCH3 is 2. The monoisotopic (exact) mass is 357 g/mol. The number of fused-ring (bicyclic) bond motifs is 5. The van der Waals surface area contributed by atoms with E-state index < -0.39 is 0 Å². The molecule has 0 aliphatic carbocycles.